The molecule has 2 rings (SSSR count). The number of hydrogen-bond acceptors (Lipinski definition) is 3. The van der Waals surface area contributed by atoms with Crippen molar-refractivity contribution in [3.05, 3.63) is 51.8 Å². The van der Waals surface area contributed by atoms with Gasteiger partial charge in [-0.15, -0.1) is 0 Å². The molecule has 2 aromatic rings. The summed E-state index contributed by atoms with van der Waals surface area (Å²) in [5, 5.41) is 0.555. The smallest absolute Gasteiger partial charge is 0.338 e. The van der Waals surface area contributed by atoms with Crippen LogP contribution in [0, 0.1) is 6.92 Å². The van der Waals surface area contributed by atoms with Crippen LogP contribution in [0.25, 0.3) is 11.1 Å². The Morgan fingerprint density at radius 1 is 1.16 bits per heavy atom. The normalized spacial score (nSPS) is 10.3. The van der Waals surface area contributed by atoms with Crippen LogP contribution in [0.15, 0.2) is 30.3 Å². The zero-order chi connectivity index (χ0) is 14.0. The Kier molecular flexibility index (Phi) is 4.08. The quantitative estimate of drug-likeness (QED) is 0.617. The van der Waals surface area contributed by atoms with E-state index in [9.17, 15) is 4.79 Å². The van der Waals surface area contributed by atoms with Crippen molar-refractivity contribution in [3.63, 3.8) is 0 Å². The molecular formula is C14H11Cl2NO2. The molecule has 0 radical (unpaired) electrons. The molecule has 0 atom stereocenters. The number of rotatable bonds is 2. The van der Waals surface area contributed by atoms with Gasteiger partial charge >= 0.3 is 5.97 Å². The molecule has 0 amide bonds. The van der Waals surface area contributed by atoms with E-state index in [0.29, 0.717) is 5.56 Å². The summed E-state index contributed by atoms with van der Waals surface area (Å²) in [6.45, 7) is 1.94. The third kappa shape index (κ3) is 3.06. The van der Waals surface area contributed by atoms with Gasteiger partial charge in [-0.3, -0.25) is 0 Å². The van der Waals surface area contributed by atoms with Crippen LogP contribution >= 0.6 is 23.2 Å². The average Bonchev–Trinajstić information content (AvgIpc) is 2.36. The van der Waals surface area contributed by atoms with Gasteiger partial charge in [0.25, 0.3) is 0 Å². The van der Waals surface area contributed by atoms with E-state index in [1.807, 2.05) is 19.1 Å². The summed E-state index contributed by atoms with van der Waals surface area (Å²) in [7, 11) is 1.35. The molecule has 0 aliphatic carbocycles. The predicted molar refractivity (Wildman–Crippen MR) is 75.8 cm³/mol. The number of methoxy groups -OCH3 is 1. The standard InChI is InChI=1S/C14H11Cl2NO2/c1-8-3-4-10(14(18)19-2)11(5-8)9-6-12(15)17-13(16)7-9/h3-7H,1-2H3. The second kappa shape index (κ2) is 5.59. The maximum Gasteiger partial charge on any atom is 0.338 e. The van der Waals surface area contributed by atoms with Gasteiger partial charge in [-0.05, 0) is 36.2 Å². The van der Waals surface area contributed by atoms with Gasteiger partial charge in [0.05, 0.1) is 12.7 Å². The van der Waals surface area contributed by atoms with Crippen molar-refractivity contribution in [2.45, 2.75) is 6.92 Å². The maximum absolute atomic E-state index is 11.8. The lowest BCUT2D eigenvalue weighted by molar-refractivity contribution is 0.0601. The van der Waals surface area contributed by atoms with Gasteiger partial charge < -0.3 is 4.74 Å². The maximum atomic E-state index is 11.8. The van der Waals surface area contributed by atoms with Crippen LogP contribution in [0.3, 0.4) is 0 Å². The number of hydrogen-bond donors (Lipinski definition) is 0. The molecule has 0 bridgehead atoms. The van der Waals surface area contributed by atoms with Gasteiger partial charge in [-0.25, -0.2) is 9.78 Å². The van der Waals surface area contributed by atoms with Crippen LogP contribution < -0.4 is 0 Å². The highest BCUT2D eigenvalue weighted by Gasteiger charge is 2.14. The molecule has 98 valence electrons. The summed E-state index contributed by atoms with van der Waals surface area (Å²) in [5.74, 6) is -0.404. The number of halogens is 2. The van der Waals surface area contributed by atoms with E-state index >= 15 is 0 Å². The first-order valence-electron chi connectivity index (χ1n) is 5.53. The minimum absolute atomic E-state index is 0.278. The number of pyridine rings is 1. The van der Waals surface area contributed by atoms with Crippen LogP contribution in [0.1, 0.15) is 15.9 Å². The molecule has 1 heterocycles. The molecule has 0 unspecified atom stereocenters. The summed E-state index contributed by atoms with van der Waals surface area (Å²) >= 11 is 11.8. The van der Waals surface area contributed by atoms with Gasteiger partial charge in [-0.1, -0.05) is 40.9 Å². The first-order valence-corrected chi connectivity index (χ1v) is 6.29. The molecule has 0 saturated carbocycles. The third-order valence-corrected chi connectivity index (χ3v) is 3.04. The van der Waals surface area contributed by atoms with Gasteiger partial charge in [-0.2, -0.15) is 0 Å². The Morgan fingerprint density at radius 3 is 2.37 bits per heavy atom. The fourth-order valence-electron chi connectivity index (χ4n) is 1.81. The monoisotopic (exact) mass is 295 g/mol. The van der Waals surface area contributed by atoms with Crippen molar-refractivity contribution in [3.8, 4) is 11.1 Å². The molecule has 0 N–H and O–H groups in total. The highest BCUT2D eigenvalue weighted by Crippen LogP contribution is 2.29. The Balaban J connectivity index is 2.65. The van der Waals surface area contributed by atoms with Gasteiger partial charge in [0.15, 0.2) is 0 Å². The summed E-state index contributed by atoms with van der Waals surface area (Å²) < 4.78 is 4.78. The topological polar surface area (TPSA) is 39.2 Å². The molecule has 0 saturated heterocycles. The predicted octanol–water partition coefficient (Wildman–Crippen LogP) is 4.15. The number of aromatic nitrogens is 1. The number of aryl methyl sites for hydroxylation is 1. The van der Waals surface area contributed by atoms with Crippen molar-refractivity contribution in [1.82, 2.24) is 4.98 Å². The molecule has 5 heteroatoms. The van der Waals surface area contributed by atoms with Crippen LogP contribution in [-0.4, -0.2) is 18.1 Å². The van der Waals surface area contributed by atoms with Gasteiger partial charge in [0.2, 0.25) is 0 Å². The molecule has 1 aromatic carbocycles. The number of ether oxygens (including phenoxy) is 1. The van der Waals surface area contributed by atoms with E-state index in [1.165, 1.54) is 7.11 Å². The summed E-state index contributed by atoms with van der Waals surface area (Å²) in [6.07, 6.45) is 0. The lowest BCUT2D eigenvalue weighted by atomic mass is 9.98. The Bertz CT molecular complexity index is 621. The lowest BCUT2D eigenvalue weighted by Gasteiger charge is -2.10. The van der Waals surface area contributed by atoms with E-state index in [2.05, 4.69) is 4.98 Å². The fraction of sp³-hybridized carbons (Fsp3) is 0.143. The van der Waals surface area contributed by atoms with Crippen molar-refractivity contribution < 1.29 is 9.53 Å². The highest BCUT2D eigenvalue weighted by atomic mass is 35.5. The van der Waals surface area contributed by atoms with Gasteiger partial charge in [0, 0.05) is 0 Å². The zero-order valence-corrected chi connectivity index (χ0v) is 11.9. The third-order valence-electron chi connectivity index (χ3n) is 2.65. The largest absolute Gasteiger partial charge is 0.465 e. The molecule has 0 aliphatic rings. The number of benzene rings is 1. The molecular weight excluding hydrogens is 285 g/mol. The van der Waals surface area contributed by atoms with E-state index in [4.69, 9.17) is 27.9 Å². The molecule has 3 nitrogen and oxygen atoms in total. The molecule has 19 heavy (non-hydrogen) atoms. The average molecular weight is 296 g/mol. The van der Waals surface area contributed by atoms with Crippen molar-refractivity contribution in [2.75, 3.05) is 7.11 Å². The van der Waals surface area contributed by atoms with E-state index in [0.717, 1.165) is 16.7 Å². The Labute approximate surface area is 121 Å². The van der Waals surface area contributed by atoms with Crippen molar-refractivity contribution in [2.24, 2.45) is 0 Å². The van der Waals surface area contributed by atoms with Gasteiger partial charge in [0.1, 0.15) is 10.3 Å². The fourth-order valence-corrected chi connectivity index (χ4v) is 2.27. The molecule has 0 spiro atoms. The number of nitrogens with zero attached hydrogens (tertiary/aromatic N) is 1. The second-order valence-electron chi connectivity index (χ2n) is 4.04. The summed E-state index contributed by atoms with van der Waals surface area (Å²) in [6, 6.07) is 8.77. The number of carbonyl (C=O) groups excluding carboxylic acids is 1. The summed E-state index contributed by atoms with van der Waals surface area (Å²) in [4.78, 5) is 15.7. The second-order valence-corrected chi connectivity index (χ2v) is 4.82. The zero-order valence-electron chi connectivity index (χ0n) is 10.4. The minimum atomic E-state index is -0.404. The summed E-state index contributed by atoms with van der Waals surface area (Å²) in [5.41, 5.74) is 2.94. The highest BCUT2D eigenvalue weighted by molar-refractivity contribution is 6.32. The first kappa shape index (κ1) is 13.8. The van der Waals surface area contributed by atoms with Crippen LogP contribution in [0.2, 0.25) is 10.3 Å². The molecule has 0 fully saturated rings. The number of carbonyl (C=O) groups is 1. The van der Waals surface area contributed by atoms with Crippen LogP contribution in [0.5, 0.6) is 0 Å². The van der Waals surface area contributed by atoms with E-state index in [1.54, 1.807) is 18.2 Å². The lowest BCUT2D eigenvalue weighted by Crippen LogP contribution is -2.04. The Hall–Kier alpha value is -1.58. The number of esters is 1. The first-order chi connectivity index (χ1) is 9.01. The van der Waals surface area contributed by atoms with E-state index < -0.39 is 5.97 Å². The van der Waals surface area contributed by atoms with Crippen LogP contribution in [0.4, 0.5) is 0 Å². The Morgan fingerprint density at radius 2 is 1.79 bits per heavy atom. The SMILES string of the molecule is COC(=O)c1ccc(C)cc1-c1cc(Cl)nc(Cl)c1. The molecule has 0 aliphatic heterocycles. The van der Waals surface area contributed by atoms with Crippen molar-refractivity contribution in [1.29, 1.82) is 0 Å². The van der Waals surface area contributed by atoms with Crippen molar-refractivity contribution >= 4 is 29.2 Å². The van der Waals surface area contributed by atoms with Crippen LogP contribution in [-0.2, 0) is 4.74 Å². The van der Waals surface area contributed by atoms with E-state index in [-0.39, 0.29) is 10.3 Å². The molecule has 1 aromatic heterocycles. The minimum Gasteiger partial charge on any atom is -0.465 e.